The summed E-state index contributed by atoms with van der Waals surface area (Å²) in [4.78, 5) is 23.6. The molecule has 1 amide bonds. The van der Waals surface area contributed by atoms with E-state index in [0.29, 0.717) is 17.1 Å². The maximum absolute atomic E-state index is 13.0. The average molecular weight is 443 g/mol. The number of nitrogens with zero attached hydrogens (tertiary/aromatic N) is 3. The number of non-ortho nitro benzene ring substituents is 1. The average Bonchev–Trinajstić information content (AvgIpc) is 3.42. The van der Waals surface area contributed by atoms with Crippen LogP contribution in [0.2, 0.25) is 0 Å². The van der Waals surface area contributed by atoms with Crippen LogP contribution in [0.5, 0.6) is 0 Å². The van der Waals surface area contributed by atoms with Gasteiger partial charge >= 0.3 is 0 Å². The predicted molar refractivity (Wildman–Crippen MR) is 125 cm³/mol. The molecule has 0 aliphatic carbocycles. The number of nitro groups is 1. The first kappa shape index (κ1) is 20.0. The van der Waals surface area contributed by atoms with Gasteiger partial charge in [0.2, 0.25) is 0 Å². The second kappa shape index (κ2) is 8.32. The highest BCUT2D eigenvalue weighted by Crippen LogP contribution is 2.36. The van der Waals surface area contributed by atoms with E-state index in [2.05, 4.69) is 10.4 Å². The number of thioether (sulfide) groups is 1. The Hall–Kier alpha value is -3.91. The van der Waals surface area contributed by atoms with E-state index in [9.17, 15) is 14.9 Å². The third kappa shape index (κ3) is 3.76. The summed E-state index contributed by atoms with van der Waals surface area (Å²) in [6, 6.07) is 23.6. The number of rotatable bonds is 5. The molecule has 2 heterocycles. The van der Waals surface area contributed by atoms with Gasteiger partial charge in [0.25, 0.3) is 11.6 Å². The van der Waals surface area contributed by atoms with Gasteiger partial charge in [-0.2, -0.15) is 16.9 Å². The van der Waals surface area contributed by atoms with Gasteiger partial charge in [-0.1, -0.05) is 42.5 Å². The van der Waals surface area contributed by atoms with E-state index in [1.54, 1.807) is 40.7 Å². The molecule has 0 fully saturated rings. The highest BCUT2D eigenvalue weighted by molar-refractivity contribution is 7.98. The number of carbonyl (C=O) groups excluding carboxylic acids is 1. The molecule has 0 atom stereocenters. The van der Waals surface area contributed by atoms with Crippen molar-refractivity contribution in [3.63, 3.8) is 0 Å². The fourth-order valence-electron chi connectivity index (χ4n) is 3.67. The molecule has 158 valence electrons. The number of hydrogen-bond donors (Lipinski definition) is 1. The topological polar surface area (TPSA) is 90.1 Å². The molecule has 0 radical (unpaired) electrons. The lowest BCUT2D eigenvalue weighted by atomic mass is 10.0. The standard InChI is InChI=1S/C24H18N4O3S/c29-24(18-8-6-17(7-9-18)16-4-2-1-3-5-16)25-23-21-14-32-15-22(21)26-27(23)19-10-12-20(13-11-19)28(30)31/h1-13H,14-15H2,(H,25,29). The van der Waals surface area contributed by atoms with Crippen LogP contribution >= 0.6 is 11.8 Å². The Balaban J connectivity index is 1.44. The smallest absolute Gasteiger partial charge is 0.269 e. The fourth-order valence-corrected chi connectivity index (χ4v) is 4.70. The Morgan fingerprint density at radius 1 is 0.938 bits per heavy atom. The van der Waals surface area contributed by atoms with Gasteiger partial charge in [0.05, 0.1) is 16.3 Å². The molecule has 0 saturated heterocycles. The van der Waals surface area contributed by atoms with Gasteiger partial charge in [0, 0.05) is 34.8 Å². The molecule has 7 nitrogen and oxygen atoms in total. The van der Waals surface area contributed by atoms with Crippen molar-refractivity contribution in [1.29, 1.82) is 0 Å². The molecular formula is C24H18N4O3S. The van der Waals surface area contributed by atoms with E-state index in [1.165, 1.54) is 12.1 Å². The Morgan fingerprint density at radius 3 is 2.31 bits per heavy atom. The molecule has 8 heteroatoms. The highest BCUT2D eigenvalue weighted by Gasteiger charge is 2.25. The zero-order chi connectivity index (χ0) is 22.1. The number of nitro benzene ring substituents is 1. The summed E-state index contributed by atoms with van der Waals surface area (Å²) in [5.74, 6) is 1.90. The number of nitrogens with one attached hydrogen (secondary N) is 1. The Labute approximate surface area is 188 Å². The van der Waals surface area contributed by atoms with E-state index in [0.717, 1.165) is 33.9 Å². The first-order valence-electron chi connectivity index (χ1n) is 10.0. The minimum atomic E-state index is -0.439. The lowest BCUT2D eigenvalue weighted by Crippen LogP contribution is -2.16. The molecular weight excluding hydrogens is 424 g/mol. The van der Waals surface area contributed by atoms with Crippen LogP contribution in [0.4, 0.5) is 11.5 Å². The molecule has 0 unspecified atom stereocenters. The Morgan fingerprint density at radius 2 is 1.62 bits per heavy atom. The van der Waals surface area contributed by atoms with Gasteiger partial charge in [-0.3, -0.25) is 14.9 Å². The van der Waals surface area contributed by atoms with E-state index in [1.807, 2.05) is 42.5 Å². The summed E-state index contributed by atoms with van der Waals surface area (Å²) >= 11 is 1.74. The van der Waals surface area contributed by atoms with Crippen LogP contribution in [-0.2, 0) is 11.5 Å². The van der Waals surface area contributed by atoms with Crippen LogP contribution in [0.3, 0.4) is 0 Å². The first-order valence-corrected chi connectivity index (χ1v) is 11.2. The molecule has 4 aromatic rings. The van der Waals surface area contributed by atoms with Gasteiger partial charge < -0.3 is 5.32 Å². The highest BCUT2D eigenvalue weighted by atomic mass is 32.2. The summed E-state index contributed by atoms with van der Waals surface area (Å²) in [6.45, 7) is 0. The molecule has 5 rings (SSSR count). The van der Waals surface area contributed by atoms with Crippen LogP contribution in [-0.4, -0.2) is 20.6 Å². The van der Waals surface area contributed by atoms with E-state index in [4.69, 9.17) is 0 Å². The van der Waals surface area contributed by atoms with Crippen LogP contribution in [0.1, 0.15) is 21.6 Å². The van der Waals surface area contributed by atoms with E-state index < -0.39 is 4.92 Å². The summed E-state index contributed by atoms with van der Waals surface area (Å²) in [7, 11) is 0. The minimum Gasteiger partial charge on any atom is -0.306 e. The molecule has 3 aromatic carbocycles. The maximum Gasteiger partial charge on any atom is 0.269 e. The monoisotopic (exact) mass is 442 g/mol. The summed E-state index contributed by atoms with van der Waals surface area (Å²) in [6.07, 6.45) is 0. The second-order valence-electron chi connectivity index (χ2n) is 7.35. The third-order valence-corrected chi connectivity index (χ3v) is 6.31. The van der Waals surface area contributed by atoms with Crippen molar-refractivity contribution in [3.8, 4) is 16.8 Å². The quantitative estimate of drug-likeness (QED) is 0.328. The normalized spacial score (nSPS) is 12.4. The van der Waals surface area contributed by atoms with Gasteiger partial charge in [-0.25, -0.2) is 4.68 Å². The van der Waals surface area contributed by atoms with Crippen molar-refractivity contribution in [2.75, 3.05) is 5.32 Å². The molecule has 1 aliphatic rings. The molecule has 1 aromatic heterocycles. The lowest BCUT2D eigenvalue weighted by Gasteiger charge is -2.11. The minimum absolute atomic E-state index is 0.00749. The van der Waals surface area contributed by atoms with Crippen LogP contribution in [0.25, 0.3) is 16.8 Å². The number of amides is 1. The van der Waals surface area contributed by atoms with Gasteiger partial charge in [0.1, 0.15) is 5.82 Å². The second-order valence-corrected chi connectivity index (χ2v) is 8.34. The number of carbonyl (C=O) groups is 1. The largest absolute Gasteiger partial charge is 0.306 e. The summed E-state index contributed by atoms with van der Waals surface area (Å²) < 4.78 is 1.66. The van der Waals surface area contributed by atoms with Crippen LogP contribution in [0, 0.1) is 10.1 Å². The third-order valence-electron chi connectivity index (χ3n) is 5.34. The van der Waals surface area contributed by atoms with Crippen LogP contribution in [0.15, 0.2) is 78.9 Å². The zero-order valence-corrected chi connectivity index (χ0v) is 17.7. The maximum atomic E-state index is 13.0. The van der Waals surface area contributed by atoms with Gasteiger partial charge in [-0.05, 0) is 35.4 Å². The number of hydrogen-bond acceptors (Lipinski definition) is 5. The van der Waals surface area contributed by atoms with Gasteiger partial charge in [0.15, 0.2) is 0 Å². The first-order chi connectivity index (χ1) is 15.6. The van der Waals surface area contributed by atoms with Crippen molar-refractivity contribution in [2.45, 2.75) is 11.5 Å². The molecule has 1 aliphatic heterocycles. The number of aromatic nitrogens is 2. The lowest BCUT2D eigenvalue weighted by molar-refractivity contribution is -0.384. The number of anilines is 1. The van der Waals surface area contributed by atoms with Crippen molar-refractivity contribution >= 4 is 29.2 Å². The number of fused-ring (bicyclic) bond motifs is 1. The van der Waals surface area contributed by atoms with Crippen molar-refractivity contribution in [3.05, 3.63) is 106 Å². The van der Waals surface area contributed by atoms with Crippen molar-refractivity contribution in [1.82, 2.24) is 9.78 Å². The molecule has 0 bridgehead atoms. The predicted octanol–water partition coefficient (Wildman–Crippen LogP) is 5.45. The van der Waals surface area contributed by atoms with Crippen LogP contribution < -0.4 is 5.32 Å². The molecule has 0 spiro atoms. The summed E-state index contributed by atoms with van der Waals surface area (Å²) in [5.41, 5.74) is 5.24. The Bertz CT molecular complexity index is 1300. The SMILES string of the molecule is O=C(Nc1c2c(nn1-c1ccc([N+](=O)[O-])cc1)CSC2)c1ccc(-c2ccccc2)cc1. The Kier molecular flexibility index (Phi) is 5.20. The molecule has 32 heavy (non-hydrogen) atoms. The molecule has 1 N–H and O–H groups in total. The summed E-state index contributed by atoms with van der Waals surface area (Å²) in [5, 5.41) is 18.6. The number of benzene rings is 3. The van der Waals surface area contributed by atoms with Gasteiger partial charge in [-0.15, -0.1) is 0 Å². The molecule has 0 saturated carbocycles. The van der Waals surface area contributed by atoms with Crippen molar-refractivity contribution in [2.24, 2.45) is 0 Å². The zero-order valence-electron chi connectivity index (χ0n) is 16.9. The van der Waals surface area contributed by atoms with E-state index >= 15 is 0 Å². The van der Waals surface area contributed by atoms with Crippen molar-refractivity contribution < 1.29 is 9.72 Å². The van der Waals surface area contributed by atoms with E-state index in [-0.39, 0.29) is 11.6 Å². The fraction of sp³-hybridized carbons (Fsp3) is 0.0833.